The number of rotatable bonds is 5. The number of benzene rings is 1. The lowest BCUT2D eigenvalue weighted by Gasteiger charge is -2.04. The van der Waals surface area contributed by atoms with Gasteiger partial charge in [-0.1, -0.05) is 18.2 Å². The highest BCUT2D eigenvalue weighted by molar-refractivity contribution is 7.21. The third-order valence-electron chi connectivity index (χ3n) is 4.01. The molecule has 4 rings (SSSR count). The Balaban J connectivity index is 1.55. The Morgan fingerprint density at radius 1 is 1.30 bits per heavy atom. The van der Waals surface area contributed by atoms with Crippen molar-refractivity contribution in [2.45, 2.75) is 6.54 Å². The number of nitrogens with zero attached hydrogens (tertiary/aromatic N) is 3. The van der Waals surface area contributed by atoms with Crippen LogP contribution in [-0.2, 0) is 13.6 Å². The molecule has 3 heterocycles. The predicted molar refractivity (Wildman–Crippen MR) is 104 cm³/mol. The van der Waals surface area contributed by atoms with Gasteiger partial charge in [0.15, 0.2) is 0 Å². The molecule has 7 nitrogen and oxygen atoms in total. The van der Waals surface area contributed by atoms with E-state index >= 15 is 0 Å². The molecule has 2 N–H and O–H groups in total. The fourth-order valence-electron chi connectivity index (χ4n) is 2.75. The number of nitrogens with one attached hydrogen (secondary N) is 1. The highest BCUT2D eigenvalue weighted by Crippen LogP contribution is 2.31. The first-order chi connectivity index (χ1) is 13.0. The quantitative estimate of drug-likeness (QED) is 0.537. The summed E-state index contributed by atoms with van der Waals surface area (Å²) in [4.78, 5) is 28.6. The molecule has 0 aliphatic carbocycles. The van der Waals surface area contributed by atoms with Crippen molar-refractivity contribution >= 4 is 44.6 Å². The van der Waals surface area contributed by atoms with Gasteiger partial charge in [-0.05, 0) is 11.5 Å². The average Bonchev–Trinajstić information content (AvgIpc) is 3.37. The number of carbonyl (C=O) groups excluding carboxylic acids is 1. The summed E-state index contributed by atoms with van der Waals surface area (Å²) in [6.07, 6.45) is 3.52. The molecule has 0 atom stereocenters. The van der Waals surface area contributed by atoms with Crippen LogP contribution in [0.2, 0.25) is 0 Å². The third-order valence-corrected chi connectivity index (χ3v) is 6.10. The zero-order valence-corrected chi connectivity index (χ0v) is 15.8. The van der Waals surface area contributed by atoms with Gasteiger partial charge >= 0.3 is 5.97 Å². The monoisotopic (exact) mass is 398 g/mol. The standard InChI is InChI=1S/C18H14N4O3S2/c1-22-8-10(6-20-22)17-21-13(9-26-17)16(23)19-7-12-11-4-2-3-5-14(11)27-15(12)18(24)25/h2-6,8-9H,7H2,1H3,(H,19,23)(H,24,25). The second kappa shape index (κ2) is 6.93. The zero-order chi connectivity index (χ0) is 19.0. The smallest absolute Gasteiger partial charge is 0.346 e. The Hall–Kier alpha value is -3.04. The number of fused-ring (bicyclic) bond motifs is 1. The number of carbonyl (C=O) groups is 2. The molecule has 0 radical (unpaired) electrons. The topological polar surface area (TPSA) is 97.1 Å². The molecule has 0 unspecified atom stereocenters. The van der Waals surface area contributed by atoms with E-state index in [0.29, 0.717) is 16.3 Å². The molecule has 27 heavy (non-hydrogen) atoms. The van der Waals surface area contributed by atoms with E-state index in [9.17, 15) is 14.7 Å². The summed E-state index contributed by atoms with van der Waals surface area (Å²) in [6, 6.07) is 7.45. The third kappa shape index (κ3) is 3.34. The lowest BCUT2D eigenvalue weighted by molar-refractivity contribution is 0.0700. The van der Waals surface area contributed by atoms with Crippen molar-refractivity contribution in [2.75, 3.05) is 0 Å². The molecule has 136 valence electrons. The van der Waals surface area contributed by atoms with Gasteiger partial charge in [-0.3, -0.25) is 9.48 Å². The molecule has 0 saturated heterocycles. The van der Waals surface area contributed by atoms with Gasteiger partial charge in [-0.2, -0.15) is 5.10 Å². The van der Waals surface area contributed by atoms with Gasteiger partial charge in [0.1, 0.15) is 15.6 Å². The lowest BCUT2D eigenvalue weighted by Crippen LogP contribution is -2.23. The van der Waals surface area contributed by atoms with E-state index in [1.807, 2.05) is 37.5 Å². The van der Waals surface area contributed by atoms with Crippen molar-refractivity contribution in [2.24, 2.45) is 7.05 Å². The van der Waals surface area contributed by atoms with Crippen LogP contribution in [0, 0.1) is 0 Å². The normalized spacial score (nSPS) is 11.0. The van der Waals surface area contributed by atoms with Gasteiger partial charge in [0, 0.05) is 41.0 Å². The van der Waals surface area contributed by atoms with Crippen molar-refractivity contribution in [3.8, 4) is 10.6 Å². The van der Waals surface area contributed by atoms with Crippen molar-refractivity contribution < 1.29 is 14.7 Å². The van der Waals surface area contributed by atoms with E-state index < -0.39 is 5.97 Å². The number of thiazole rings is 1. The highest BCUT2D eigenvalue weighted by atomic mass is 32.1. The van der Waals surface area contributed by atoms with Gasteiger partial charge in [0.2, 0.25) is 0 Å². The van der Waals surface area contributed by atoms with Gasteiger partial charge < -0.3 is 10.4 Å². The van der Waals surface area contributed by atoms with E-state index in [-0.39, 0.29) is 17.3 Å². The van der Waals surface area contributed by atoms with Gasteiger partial charge in [0.25, 0.3) is 5.91 Å². The van der Waals surface area contributed by atoms with Crippen LogP contribution in [0.3, 0.4) is 0 Å². The first-order valence-corrected chi connectivity index (χ1v) is 9.69. The molecule has 9 heteroatoms. The minimum atomic E-state index is -0.993. The fourth-order valence-corrected chi connectivity index (χ4v) is 4.58. The van der Waals surface area contributed by atoms with Crippen LogP contribution in [0.5, 0.6) is 0 Å². The Kier molecular flexibility index (Phi) is 4.46. The number of hydrogen-bond acceptors (Lipinski definition) is 6. The number of carboxylic acids is 1. The number of amides is 1. The van der Waals surface area contributed by atoms with E-state index in [2.05, 4.69) is 15.4 Å². The molecule has 4 aromatic rings. The summed E-state index contributed by atoms with van der Waals surface area (Å²) in [5.74, 6) is -1.33. The molecule has 0 fully saturated rings. The maximum atomic E-state index is 12.5. The van der Waals surface area contributed by atoms with Gasteiger partial charge in [0.05, 0.1) is 6.20 Å². The molecule has 0 bridgehead atoms. The van der Waals surface area contributed by atoms with E-state index in [1.54, 1.807) is 16.3 Å². The van der Waals surface area contributed by atoms with Crippen LogP contribution in [0.1, 0.15) is 25.7 Å². The van der Waals surface area contributed by atoms with Crippen LogP contribution < -0.4 is 5.32 Å². The molecular weight excluding hydrogens is 384 g/mol. The summed E-state index contributed by atoms with van der Waals surface area (Å²) < 4.78 is 2.55. The van der Waals surface area contributed by atoms with Gasteiger partial charge in [-0.15, -0.1) is 22.7 Å². The molecule has 0 aliphatic heterocycles. The Labute approximate surface area is 161 Å². The van der Waals surface area contributed by atoms with Crippen LogP contribution in [0.4, 0.5) is 0 Å². The van der Waals surface area contributed by atoms with Crippen molar-refractivity contribution in [3.63, 3.8) is 0 Å². The molecule has 1 aromatic carbocycles. The summed E-state index contributed by atoms with van der Waals surface area (Å²) in [5, 5.41) is 19.6. The Morgan fingerprint density at radius 3 is 2.85 bits per heavy atom. The number of hydrogen-bond donors (Lipinski definition) is 2. The van der Waals surface area contributed by atoms with Crippen molar-refractivity contribution in [1.29, 1.82) is 0 Å². The lowest BCUT2D eigenvalue weighted by atomic mass is 10.1. The van der Waals surface area contributed by atoms with Crippen LogP contribution in [0.25, 0.3) is 20.7 Å². The molecule has 0 spiro atoms. The summed E-state index contributed by atoms with van der Waals surface area (Å²) in [6.45, 7) is 0.129. The van der Waals surface area contributed by atoms with E-state index in [0.717, 1.165) is 15.6 Å². The molecule has 1 amide bonds. The molecule has 3 aromatic heterocycles. The number of aryl methyl sites for hydroxylation is 1. The Morgan fingerprint density at radius 2 is 2.11 bits per heavy atom. The largest absolute Gasteiger partial charge is 0.477 e. The summed E-state index contributed by atoms with van der Waals surface area (Å²) in [7, 11) is 1.82. The minimum absolute atomic E-state index is 0.129. The van der Waals surface area contributed by atoms with Crippen LogP contribution in [-0.4, -0.2) is 31.7 Å². The average molecular weight is 398 g/mol. The highest BCUT2D eigenvalue weighted by Gasteiger charge is 2.19. The first-order valence-electron chi connectivity index (χ1n) is 7.99. The maximum Gasteiger partial charge on any atom is 0.346 e. The maximum absolute atomic E-state index is 12.5. The van der Waals surface area contributed by atoms with E-state index in [1.165, 1.54) is 22.7 Å². The molecular formula is C18H14N4O3S2. The number of aromatic nitrogens is 3. The number of carboxylic acid groups (broad SMARTS) is 1. The SMILES string of the molecule is Cn1cc(-c2nc(C(=O)NCc3c(C(=O)O)sc4ccccc34)cs2)cn1. The number of thiophene rings is 1. The van der Waals surface area contributed by atoms with Gasteiger partial charge in [-0.25, -0.2) is 9.78 Å². The number of aromatic carboxylic acids is 1. The second-order valence-corrected chi connectivity index (χ2v) is 7.74. The van der Waals surface area contributed by atoms with Crippen LogP contribution in [0.15, 0.2) is 42.0 Å². The van der Waals surface area contributed by atoms with E-state index in [4.69, 9.17) is 0 Å². The second-order valence-electron chi connectivity index (χ2n) is 5.83. The zero-order valence-electron chi connectivity index (χ0n) is 14.2. The Bertz CT molecular complexity index is 1160. The van der Waals surface area contributed by atoms with Crippen molar-refractivity contribution in [3.05, 3.63) is 58.2 Å². The first kappa shape index (κ1) is 17.4. The minimum Gasteiger partial charge on any atom is -0.477 e. The summed E-state index contributed by atoms with van der Waals surface area (Å²) in [5.41, 5.74) is 1.76. The fraction of sp³-hybridized carbons (Fsp3) is 0.111. The molecule has 0 aliphatic rings. The van der Waals surface area contributed by atoms with Crippen LogP contribution >= 0.6 is 22.7 Å². The predicted octanol–water partition coefficient (Wildman–Crippen LogP) is 3.39. The van der Waals surface area contributed by atoms with Crippen molar-refractivity contribution in [1.82, 2.24) is 20.1 Å². The molecule has 0 saturated carbocycles. The summed E-state index contributed by atoms with van der Waals surface area (Å²) >= 11 is 2.57.